The van der Waals surface area contributed by atoms with Gasteiger partial charge in [0.05, 0.1) is 17.2 Å². The van der Waals surface area contributed by atoms with Crippen molar-refractivity contribution in [3.63, 3.8) is 0 Å². The van der Waals surface area contributed by atoms with E-state index in [4.69, 9.17) is 14.7 Å². The molecule has 106 valence electrons. The van der Waals surface area contributed by atoms with Crippen LogP contribution in [0.4, 0.5) is 4.39 Å². The lowest BCUT2D eigenvalue weighted by atomic mass is 10.1. The van der Waals surface area contributed by atoms with Crippen molar-refractivity contribution >= 4 is 5.97 Å². The largest absolute Gasteiger partial charge is 0.490 e. The first-order valence-corrected chi connectivity index (χ1v) is 6.25. The molecule has 0 N–H and O–H groups in total. The maximum absolute atomic E-state index is 12.7. The smallest absolute Gasteiger partial charge is 0.338 e. The summed E-state index contributed by atoms with van der Waals surface area (Å²) in [6.45, 7) is 0.225. The second-order valence-electron chi connectivity index (χ2n) is 4.13. The Morgan fingerprint density at radius 2 is 1.90 bits per heavy atom. The number of halogens is 1. The third-order valence-electron chi connectivity index (χ3n) is 2.63. The molecule has 0 spiro atoms. The summed E-state index contributed by atoms with van der Waals surface area (Å²) in [6, 6.07) is 13.8. The number of carbonyl (C=O) groups excluding carboxylic acids is 1. The number of nitriles is 1. The predicted octanol–water partition coefficient (Wildman–Crippen LogP) is 2.93. The Morgan fingerprint density at radius 1 is 1.14 bits per heavy atom. The van der Waals surface area contributed by atoms with Crippen LogP contribution in [0.15, 0.2) is 48.5 Å². The average molecular weight is 285 g/mol. The third kappa shape index (κ3) is 4.32. The molecule has 0 unspecified atom stereocenters. The molecule has 2 aromatic rings. The van der Waals surface area contributed by atoms with Crippen molar-refractivity contribution in [3.05, 3.63) is 65.5 Å². The van der Waals surface area contributed by atoms with Gasteiger partial charge in [0.2, 0.25) is 0 Å². The number of ether oxygens (including phenoxy) is 2. The lowest BCUT2D eigenvalue weighted by Gasteiger charge is -2.07. The minimum absolute atomic E-state index is 0.0625. The second-order valence-corrected chi connectivity index (χ2v) is 4.13. The third-order valence-corrected chi connectivity index (χ3v) is 2.63. The van der Waals surface area contributed by atoms with E-state index in [0.29, 0.717) is 16.9 Å². The van der Waals surface area contributed by atoms with E-state index in [-0.39, 0.29) is 19.0 Å². The number of hydrogen-bond donors (Lipinski definition) is 0. The van der Waals surface area contributed by atoms with Gasteiger partial charge in [0, 0.05) is 0 Å². The van der Waals surface area contributed by atoms with Gasteiger partial charge in [-0.25, -0.2) is 9.18 Å². The van der Waals surface area contributed by atoms with Gasteiger partial charge in [-0.2, -0.15) is 5.26 Å². The van der Waals surface area contributed by atoms with Crippen LogP contribution < -0.4 is 4.74 Å². The Hall–Kier alpha value is -2.87. The van der Waals surface area contributed by atoms with E-state index < -0.39 is 5.97 Å². The van der Waals surface area contributed by atoms with E-state index in [0.717, 1.165) is 0 Å². The molecular formula is C16H12FNO3. The Bertz CT molecular complexity index is 662. The van der Waals surface area contributed by atoms with Crippen molar-refractivity contribution in [1.29, 1.82) is 5.26 Å². The molecular weight excluding hydrogens is 273 g/mol. The molecule has 2 rings (SSSR count). The molecule has 0 aromatic heterocycles. The second kappa shape index (κ2) is 7.06. The molecule has 4 nitrogen and oxygen atoms in total. The predicted molar refractivity (Wildman–Crippen MR) is 73.3 cm³/mol. The van der Waals surface area contributed by atoms with Crippen LogP contribution in [0.25, 0.3) is 0 Å². The van der Waals surface area contributed by atoms with Crippen LogP contribution in [-0.2, 0) is 4.74 Å². The molecule has 0 aliphatic carbocycles. The summed E-state index contributed by atoms with van der Waals surface area (Å²) in [5, 5.41) is 8.75. The highest BCUT2D eigenvalue weighted by Crippen LogP contribution is 2.11. The van der Waals surface area contributed by atoms with Crippen molar-refractivity contribution in [2.24, 2.45) is 0 Å². The van der Waals surface area contributed by atoms with Gasteiger partial charge in [-0.3, -0.25) is 0 Å². The zero-order chi connectivity index (χ0) is 15.1. The zero-order valence-electron chi connectivity index (χ0n) is 11.1. The molecule has 2 aromatic carbocycles. The Labute approximate surface area is 121 Å². The van der Waals surface area contributed by atoms with Crippen LogP contribution in [0.5, 0.6) is 5.75 Å². The van der Waals surface area contributed by atoms with E-state index in [1.165, 1.54) is 30.3 Å². The molecule has 0 bridgehead atoms. The maximum atomic E-state index is 12.7. The highest BCUT2D eigenvalue weighted by atomic mass is 19.1. The zero-order valence-corrected chi connectivity index (χ0v) is 11.1. The normalized spacial score (nSPS) is 9.71. The van der Waals surface area contributed by atoms with Crippen molar-refractivity contribution in [3.8, 4) is 11.8 Å². The number of esters is 1. The summed E-state index contributed by atoms with van der Waals surface area (Å²) in [5.74, 6) is -0.361. The quantitative estimate of drug-likeness (QED) is 0.626. The minimum Gasteiger partial charge on any atom is -0.490 e. The van der Waals surface area contributed by atoms with Crippen molar-refractivity contribution in [2.45, 2.75) is 0 Å². The van der Waals surface area contributed by atoms with Crippen molar-refractivity contribution in [1.82, 2.24) is 0 Å². The average Bonchev–Trinajstić information content (AvgIpc) is 2.53. The topological polar surface area (TPSA) is 59.3 Å². The Kier molecular flexibility index (Phi) is 4.89. The van der Waals surface area contributed by atoms with Crippen molar-refractivity contribution in [2.75, 3.05) is 13.2 Å². The SMILES string of the molecule is N#Cc1cccc(C(=O)OCCOc2ccc(F)cc2)c1. The summed E-state index contributed by atoms with van der Waals surface area (Å²) >= 11 is 0. The molecule has 0 saturated carbocycles. The first kappa shape index (κ1) is 14.5. The number of benzene rings is 2. The summed E-state index contributed by atoms with van der Waals surface area (Å²) in [5.41, 5.74) is 0.711. The molecule has 0 fully saturated rings. The van der Waals surface area contributed by atoms with E-state index >= 15 is 0 Å². The highest BCUT2D eigenvalue weighted by Gasteiger charge is 2.07. The van der Waals surface area contributed by atoms with Crippen LogP contribution in [-0.4, -0.2) is 19.2 Å². The lowest BCUT2D eigenvalue weighted by Crippen LogP contribution is -2.12. The molecule has 0 radical (unpaired) electrons. The number of rotatable bonds is 5. The lowest BCUT2D eigenvalue weighted by molar-refractivity contribution is 0.0450. The number of nitrogens with zero attached hydrogens (tertiary/aromatic N) is 1. The van der Waals surface area contributed by atoms with Gasteiger partial charge in [-0.1, -0.05) is 6.07 Å². The molecule has 21 heavy (non-hydrogen) atoms. The summed E-state index contributed by atoms with van der Waals surface area (Å²) in [4.78, 5) is 11.7. The highest BCUT2D eigenvalue weighted by molar-refractivity contribution is 5.89. The van der Waals surface area contributed by atoms with Gasteiger partial charge >= 0.3 is 5.97 Å². The monoisotopic (exact) mass is 285 g/mol. The van der Waals surface area contributed by atoms with Crippen LogP contribution in [0.2, 0.25) is 0 Å². The Morgan fingerprint density at radius 3 is 2.62 bits per heavy atom. The van der Waals surface area contributed by atoms with Gasteiger partial charge in [0.25, 0.3) is 0 Å². The van der Waals surface area contributed by atoms with Gasteiger partial charge < -0.3 is 9.47 Å². The molecule has 0 aliphatic rings. The molecule has 5 heteroatoms. The van der Waals surface area contributed by atoms with Gasteiger partial charge in [0.15, 0.2) is 0 Å². The van der Waals surface area contributed by atoms with Crippen LogP contribution in [0.3, 0.4) is 0 Å². The molecule has 0 heterocycles. The fraction of sp³-hybridized carbons (Fsp3) is 0.125. The standard InChI is InChI=1S/C16H12FNO3/c17-14-4-6-15(7-5-14)20-8-9-21-16(19)13-3-1-2-12(10-13)11-18/h1-7,10H,8-9H2. The van der Waals surface area contributed by atoms with Crippen LogP contribution in [0.1, 0.15) is 15.9 Å². The molecule has 0 atom stereocenters. The minimum atomic E-state index is -0.519. The van der Waals surface area contributed by atoms with Gasteiger partial charge in [-0.15, -0.1) is 0 Å². The Balaban J connectivity index is 1.79. The van der Waals surface area contributed by atoms with E-state index in [2.05, 4.69) is 0 Å². The summed E-state index contributed by atoms with van der Waals surface area (Å²) < 4.78 is 23.0. The number of hydrogen-bond acceptors (Lipinski definition) is 4. The first-order valence-electron chi connectivity index (χ1n) is 6.25. The van der Waals surface area contributed by atoms with E-state index in [1.807, 2.05) is 6.07 Å². The van der Waals surface area contributed by atoms with Crippen molar-refractivity contribution < 1.29 is 18.7 Å². The van der Waals surface area contributed by atoms with E-state index in [1.54, 1.807) is 18.2 Å². The maximum Gasteiger partial charge on any atom is 0.338 e. The molecule has 0 amide bonds. The van der Waals surface area contributed by atoms with Gasteiger partial charge in [-0.05, 0) is 42.5 Å². The fourth-order valence-electron chi connectivity index (χ4n) is 1.62. The van der Waals surface area contributed by atoms with Gasteiger partial charge in [0.1, 0.15) is 24.8 Å². The molecule has 0 saturated heterocycles. The van der Waals surface area contributed by atoms with Crippen LogP contribution >= 0.6 is 0 Å². The molecule has 0 aliphatic heterocycles. The first-order chi connectivity index (χ1) is 10.2. The fourth-order valence-corrected chi connectivity index (χ4v) is 1.62. The number of carbonyl (C=O) groups is 1. The van der Waals surface area contributed by atoms with E-state index in [9.17, 15) is 9.18 Å². The summed E-state index contributed by atoms with van der Waals surface area (Å²) in [6.07, 6.45) is 0. The van der Waals surface area contributed by atoms with Crippen LogP contribution in [0, 0.1) is 17.1 Å². The summed E-state index contributed by atoms with van der Waals surface area (Å²) in [7, 11) is 0.